The lowest BCUT2D eigenvalue weighted by atomic mass is 9.88. The number of hydrogen-bond acceptors (Lipinski definition) is 3. The van der Waals surface area contributed by atoms with Gasteiger partial charge in [0.2, 0.25) is 5.91 Å². The number of nitrogens with zero attached hydrogens (tertiary/aromatic N) is 2. The topological polar surface area (TPSA) is 69.7 Å². The Balaban J connectivity index is 1.45. The van der Waals surface area contributed by atoms with Crippen molar-refractivity contribution in [2.75, 3.05) is 26.2 Å². The van der Waals surface area contributed by atoms with Gasteiger partial charge in [-0.1, -0.05) is 40.2 Å². The van der Waals surface area contributed by atoms with Gasteiger partial charge in [-0.3, -0.25) is 14.4 Å². The molecule has 4 rings (SSSR count). The van der Waals surface area contributed by atoms with Gasteiger partial charge in [0, 0.05) is 41.8 Å². The van der Waals surface area contributed by atoms with Crippen LogP contribution in [0.3, 0.4) is 0 Å². The third-order valence-corrected chi connectivity index (χ3v) is 6.87. The highest BCUT2D eigenvalue weighted by atomic mass is 79.9. The van der Waals surface area contributed by atoms with Gasteiger partial charge in [0.1, 0.15) is 6.04 Å². The van der Waals surface area contributed by atoms with Gasteiger partial charge in [0.25, 0.3) is 11.8 Å². The van der Waals surface area contributed by atoms with Crippen molar-refractivity contribution >= 4 is 33.7 Å². The van der Waals surface area contributed by atoms with E-state index in [4.69, 9.17) is 0 Å². The molecule has 2 fully saturated rings. The van der Waals surface area contributed by atoms with Crippen LogP contribution in [0.1, 0.15) is 46.4 Å². The fourth-order valence-corrected chi connectivity index (χ4v) is 4.97. The van der Waals surface area contributed by atoms with E-state index in [0.717, 1.165) is 30.4 Å². The molecule has 0 saturated carbocycles. The molecule has 0 bridgehead atoms. The summed E-state index contributed by atoms with van der Waals surface area (Å²) in [5.74, 6) is -0.220. The van der Waals surface area contributed by atoms with Crippen molar-refractivity contribution in [3.8, 4) is 0 Å². The highest BCUT2D eigenvalue weighted by Gasteiger charge is 2.37. The quantitative estimate of drug-likeness (QED) is 0.684. The van der Waals surface area contributed by atoms with Crippen LogP contribution < -0.4 is 5.32 Å². The molecule has 0 spiro atoms. The Hall–Kier alpha value is -2.67. The van der Waals surface area contributed by atoms with Crippen LogP contribution >= 0.6 is 15.9 Å². The van der Waals surface area contributed by atoms with Crippen molar-refractivity contribution in [3.05, 3.63) is 70.2 Å². The van der Waals surface area contributed by atoms with Gasteiger partial charge in [-0.2, -0.15) is 0 Å². The molecule has 2 aromatic carbocycles. The summed E-state index contributed by atoms with van der Waals surface area (Å²) in [6.07, 6.45) is 3.37. The zero-order chi connectivity index (χ0) is 22.5. The van der Waals surface area contributed by atoms with Crippen molar-refractivity contribution in [2.45, 2.75) is 31.7 Å². The predicted molar refractivity (Wildman–Crippen MR) is 126 cm³/mol. The number of hydrogen-bond donors (Lipinski definition) is 1. The lowest BCUT2D eigenvalue weighted by Gasteiger charge is -2.37. The first kappa shape index (κ1) is 22.5. The van der Waals surface area contributed by atoms with E-state index in [2.05, 4.69) is 21.2 Å². The maximum atomic E-state index is 13.3. The molecular formula is C25H28BrN3O3. The smallest absolute Gasteiger partial charge is 0.253 e. The average molecular weight is 498 g/mol. The van der Waals surface area contributed by atoms with Gasteiger partial charge in [-0.25, -0.2) is 0 Å². The van der Waals surface area contributed by atoms with E-state index in [0.29, 0.717) is 37.1 Å². The monoisotopic (exact) mass is 497 g/mol. The van der Waals surface area contributed by atoms with E-state index in [1.165, 1.54) is 0 Å². The van der Waals surface area contributed by atoms with Gasteiger partial charge in [-0.15, -0.1) is 0 Å². The van der Waals surface area contributed by atoms with E-state index < -0.39 is 6.04 Å². The lowest BCUT2D eigenvalue weighted by molar-refractivity contribution is -0.134. The van der Waals surface area contributed by atoms with Crippen LogP contribution in [0.25, 0.3) is 0 Å². The van der Waals surface area contributed by atoms with Crippen molar-refractivity contribution in [1.82, 2.24) is 15.1 Å². The average Bonchev–Trinajstić information content (AvgIpc) is 3.37. The van der Waals surface area contributed by atoms with Crippen molar-refractivity contribution in [1.29, 1.82) is 0 Å². The summed E-state index contributed by atoms with van der Waals surface area (Å²) in [7, 11) is 0. The molecular weight excluding hydrogens is 470 g/mol. The number of halogens is 1. The molecule has 0 aromatic heterocycles. The highest BCUT2D eigenvalue weighted by molar-refractivity contribution is 9.10. The molecule has 0 radical (unpaired) electrons. The molecule has 1 N–H and O–H groups in total. The zero-order valence-corrected chi connectivity index (χ0v) is 19.6. The number of carbonyl (C=O) groups is 3. The predicted octanol–water partition coefficient (Wildman–Crippen LogP) is 3.72. The van der Waals surface area contributed by atoms with E-state index in [-0.39, 0.29) is 23.6 Å². The van der Waals surface area contributed by atoms with Crippen LogP contribution in [0.5, 0.6) is 0 Å². The molecule has 2 aromatic rings. The minimum Gasteiger partial charge on any atom is -0.341 e. The van der Waals surface area contributed by atoms with E-state index in [1.807, 2.05) is 52.3 Å². The van der Waals surface area contributed by atoms with Gasteiger partial charge in [0.05, 0.1) is 0 Å². The number of carbonyl (C=O) groups excluding carboxylic acids is 3. The Kier molecular flexibility index (Phi) is 7.25. The summed E-state index contributed by atoms with van der Waals surface area (Å²) in [4.78, 5) is 42.8. The summed E-state index contributed by atoms with van der Waals surface area (Å²) >= 11 is 3.42. The van der Waals surface area contributed by atoms with E-state index in [1.54, 1.807) is 12.1 Å². The Morgan fingerprint density at radius 3 is 2.16 bits per heavy atom. The normalized spacial score (nSPS) is 17.8. The van der Waals surface area contributed by atoms with E-state index in [9.17, 15) is 14.4 Å². The Labute approximate surface area is 197 Å². The van der Waals surface area contributed by atoms with Crippen LogP contribution in [0.2, 0.25) is 0 Å². The molecule has 3 amide bonds. The van der Waals surface area contributed by atoms with Crippen molar-refractivity contribution in [2.24, 2.45) is 5.92 Å². The lowest BCUT2D eigenvalue weighted by Crippen LogP contribution is -2.54. The molecule has 2 heterocycles. The SMILES string of the molecule is O=C(N[C@@H](C(=O)N1CCCC1)C1CCN(C(=O)c2cccc(Br)c2)CC1)c1ccccc1. The van der Waals surface area contributed by atoms with Crippen LogP contribution in [0.15, 0.2) is 59.1 Å². The first-order chi connectivity index (χ1) is 15.5. The number of likely N-dealkylation sites (tertiary alicyclic amines) is 2. The standard InChI is InChI=1S/C25H28BrN3O3/c26-21-10-6-9-20(17-21)24(31)29-15-11-18(12-16-29)22(25(32)28-13-4-5-14-28)27-23(30)19-7-2-1-3-8-19/h1-3,6-10,17-18,22H,4-5,11-16H2,(H,27,30)/t22-/m1/s1. The molecule has 2 aliphatic heterocycles. The second-order valence-corrected chi connectivity index (χ2v) is 9.41. The minimum atomic E-state index is -0.566. The summed E-state index contributed by atoms with van der Waals surface area (Å²) < 4.78 is 0.873. The molecule has 2 saturated heterocycles. The number of nitrogens with one attached hydrogen (secondary N) is 1. The Morgan fingerprint density at radius 2 is 1.50 bits per heavy atom. The van der Waals surface area contributed by atoms with Crippen molar-refractivity contribution < 1.29 is 14.4 Å². The minimum absolute atomic E-state index is 0.000454. The summed E-state index contributed by atoms with van der Waals surface area (Å²) in [5.41, 5.74) is 1.20. The largest absolute Gasteiger partial charge is 0.341 e. The first-order valence-corrected chi connectivity index (χ1v) is 12.0. The van der Waals surface area contributed by atoms with Gasteiger partial charge in [0.15, 0.2) is 0 Å². The third-order valence-electron chi connectivity index (χ3n) is 6.38. The van der Waals surface area contributed by atoms with Crippen LogP contribution in [0, 0.1) is 5.92 Å². The molecule has 32 heavy (non-hydrogen) atoms. The fraction of sp³-hybridized carbons (Fsp3) is 0.400. The van der Waals surface area contributed by atoms with Gasteiger partial charge >= 0.3 is 0 Å². The Morgan fingerprint density at radius 1 is 0.844 bits per heavy atom. The number of benzene rings is 2. The van der Waals surface area contributed by atoms with Crippen LogP contribution in [-0.4, -0.2) is 59.7 Å². The number of amides is 3. The first-order valence-electron chi connectivity index (χ1n) is 11.2. The zero-order valence-electron chi connectivity index (χ0n) is 18.0. The van der Waals surface area contributed by atoms with Crippen LogP contribution in [-0.2, 0) is 4.79 Å². The molecule has 6 nitrogen and oxygen atoms in total. The summed E-state index contributed by atoms with van der Waals surface area (Å²) in [6, 6.07) is 15.8. The molecule has 1 atom stereocenters. The molecule has 0 aliphatic carbocycles. The summed E-state index contributed by atoms with van der Waals surface area (Å²) in [5, 5.41) is 3.02. The molecule has 2 aliphatic rings. The maximum absolute atomic E-state index is 13.3. The second-order valence-electron chi connectivity index (χ2n) is 8.49. The molecule has 0 unspecified atom stereocenters. The second kappa shape index (κ2) is 10.3. The maximum Gasteiger partial charge on any atom is 0.253 e. The number of piperidine rings is 1. The molecule has 7 heteroatoms. The van der Waals surface area contributed by atoms with Gasteiger partial charge in [-0.05, 0) is 61.9 Å². The van der Waals surface area contributed by atoms with Crippen molar-refractivity contribution in [3.63, 3.8) is 0 Å². The Bertz CT molecular complexity index is 967. The number of rotatable bonds is 5. The van der Waals surface area contributed by atoms with Crippen LogP contribution in [0.4, 0.5) is 0 Å². The highest BCUT2D eigenvalue weighted by Crippen LogP contribution is 2.25. The summed E-state index contributed by atoms with van der Waals surface area (Å²) in [6.45, 7) is 2.63. The van der Waals surface area contributed by atoms with E-state index >= 15 is 0 Å². The molecule has 168 valence electrons. The van der Waals surface area contributed by atoms with Gasteiger partial charge < -0.3 is 15.1 Å². The fourth-order valence-electron chi connectivity index (χ4n) is 4.57. The third kappa shape index (κ3) is 5.21.